The Kier molecular flexibility index (Phi) is 7.44. The summed E-state index contributed by atoms with van der Waals surface area (Å²) in [7, 11) is 0. The highest BCUT2D eigenvalue weighted by molar-refractivity contribution is 5.74. The second-order valence-electron chi connectivity index (χ2n) is 6.61. The monoisotopic (exact) mass is 383 g/mol. The number of urea groups is 1. The van der Waals surface area contributed by atoms with Gasteiger partial charge in [-0.05, 0) is 17.7 Å². The molecule has 0 aromatic heterocycles. The van der Waals surface area contributed by atoms with Gasteiger partial charge in [0.15, 0.2) is 11.6 Å². The van der Waals surface area contributed by atoms with E-state index in [4.69, 9.17) is 4.74 Å². The van der Waals surface area contributed by atoms with Crippen LogP contribution in [0.3, 0.4) is 0 Å². The molecular formula is C22H26FN3O2. The minimum Gasteiger partial charge on any atom is -0.489 e. The van der Waals surface area contributed by atoms with Crippen LogP contribution >= 0.6 is 0 Å². The Morgan fingerprint density at radius 3 is 2.50 bits per heavy atom. The summed E-state index contributed by atoms with van der Waals surface area (Å²) < 4.78 is 18.8. The lowest BCUT2D eigenvalue weighted by Crippen LogP contribution is -2.52. The van der Waals surface area contributed by atoms with E-state index in [0.29, 0.717) is 19.6 Å². The number of hydrogen-bond acceptors (Lipinski definition) is 3. The molecule has 1 saturated heterocycles. The summed E-state index contributed by atoms with van der Waals surface area (Å²) in [5.41, 5.74) is 1.19. The second-order valence-corrected chi connectivity index (χ2v) is 6.61. The molecule has 1 fully saturated rings. The summed E-state index contributed by atoms with van der Waals surface area (Å²) in [5, 5.41) is 2.83. The van der Waals surface area contributed by atoms with Crippen LogP contribution in [-0.4, -0.2) is 61.7 Å². The lowest BCUT2D eigenvalue weighted by molar-refractivity contribution is 0.145. The highest BCUT2D eigenvalue weighted by atomic mass is 19.1. The first-order chi connectivity index (χ1) is 13.7. The first-order valence-electron chi connectivity index (χ1n) is 9.56. The predicted molar refractivity (Wildman–Crippen MR) is 109 cm³/mol. The molecule has 0 saturated carbocycles. The van der Waals surface area contributed by atoms with Crippen molar-refractivity contribution in [2.75, 3.05) is 45.9 Å². The van der Waals surface area contributed by atoms with Crippen LogP contribution < -0.4 is 10.1 Å². The molecule has 0 bridgehead atoms. The maximum absolute atomic E-state index is 13.5. The summed E-state index contributed by atoms with van der Waals surface area (Å²) in [6.45, 7) is 4.53. The van der Waals surface area contributed by atoms with Gasteiger partial charge in [-0.1, -0.05) is 54.6 Å². The number of amides is 2. The summed E-state index contributed by atoms with van der Waals surface area (Å²) in [6.07, 6.45) is 4.28. The number of piperazine rings is 1. The molecule has 1 N–H and O–H groups in total. The Morgan fingerprint density at radius 2 is 1.75 bits per heavy atom. The van der Waals surface area contributed by atoms with Crippen LogP contribution in [0.2, 0.25) is 0 Å². The maximum Gasteiger partial charge on any atom is 0.317 e. The summed E-state index contributed by atoms with van der Waals surface area (Å²) >= 11 is 0. The molecule has 6 heteroatoms. The van der Waals surface area contributed by atoms with E-state index in [0.717, 1.165) is 19.6 Å². The third kappa shape index (κ3) is 6.09. The summed E-state index contributed by atoms with van der Waals surface area (Å²) in [6, 6.07) is 16.4. The molecule has 1 aliphatic heterocycles. The van der Waals surface area contributed by atoms with Crippen LogP contribution in [0.4, 0.5) is 9.18 Å². The smallest absolute Gasteiger partial charge is 0.317 e. The van der Waals surface area contributed by atoms with Gasteiger partial charge in [-0.25, -0.2) is 9.18 Å². The van der Waals surface area contributed by atoms with Crippen molar-refractivity contribution in [3.8, 4) is 5.75 Å². The molecule has 0 spiro atoms. The lowest BCUT2D eigenvalue weighted by Gasteiger charge is -2.34. The van der Waals surface area contributed by atoms with Gasteiger partial charge >= 0.3 is 6.03 Å². The number of benzene rings is 2. The molecule has 2 aromatic rings. The Balaban J connectivity index is 1.31. The van der Waals surface area contributed by atoms with Gasteiger partial charge in [-0.2, -0.15) is 0 Å². The van der Waals surface area contributed by atoms with Crippen molar-refractivity contribution in [1.29, 1.82) is 0 Å². The number of carbonyl (C=O) groups is 1. The molecule has 5 nitrogen and oxygen atoms in total. The predicted octanol–water partition coefficient (Wildman–Crippen LogP) is 3.25. The van der Waals surface area contributed by atoms with E-state index in [9.17, 15) is 9.18 Å². The SMILES string of the molecule is O=C(NCCOc1ccccc1F)N1CCN(C/C=C/c2ccccc2)CC1. The van der Waals surface area contributed by atoms with Gasteiger partial charge in [0.1, 0.15) is 6.61 Å². The van der Waals surface area contributed by atoms with E-state index in [1.807, 2.05) is 18.2 Å². The molecule has 0 aliphatic carbocycles. The second kappa shape index (κ2) is 10.5. The van der Waals surface area contributed by atoms with E-state index < -0.39 is 5.82 Å². The van der Waals surface area contributed by atoms with Crippen molar-refractivity contribution in [1.82, 2.24) is 15.1 Å². The molecule has 2 aromatic carbocycles. The fraction of sp³-hybridized carbons (Fsp3) is 0.318. The molecule has 1 aliphatic rings. The molecule has 0 unspecified atom stereocenters. The molecule has 28 heavy (non-hydrogen) atoms. The van der Waals surface area contributed by atoms with Gasteiger partial charge in [0.05, 0.1) is 6.54 Å². The van der Waals surface area contributed by atoms with E-state index in [1.54, 1.807) is 23.1 Å². The van der Waals surface area contributed by atoms with Crippen molar-refractivity contribution >= 4 is 12.1 Å². The van der Waals surface area contributed by atoms with Gasteiger partial charge in [-0.3, -0.25) is 4.90 Å². The fourth-order valence-electron chi connectivity index (χ4n) is 3.03. The third-order valence-electron chi connectivity index (χ3n) is 4.61. The first-order valence-corrected chi connectivity index (χ1v) is 9.56. The van der Waals surface area contributed by atoms with Crippen molar-refractivity contribution in [3.05, 3.63) is 72.1 Å². The normalized spacial score (nSPS) is 15.0. The number of para-hydroxylation sites is 1. The van der Waals surface area contributed by atoms with Crippen LogP contribution in [0, 0.1) is 5.82 Å². The molecular weight excluding hydrogens is 357 g/mol. The van der Waals surface area contributed by atoms with E-state index in [1.165, 1.54) is 11.6 Å². The topological polar surface area (TPSA) is 44.8 Å². The number of nitrogens with one attached hydrogen (secondary N) is 1. The van der Waals surface area contributed by atoms with E-state index in [-0.39, 0.29) is 18.4 Å². The quantitative estimate of drug-likeness (QED) is 0.747. The minimum atomic E-state index is -0.397. The van der Waals surface area contributed by atoms with E-state index in [2.05, 4.69) is 34.5 Å². The third-order valence-corrected chi connectivity index (χ3v) is 4.61. The Labute approximate surface area is 165 Å². The average Bonchev–Trinajstić information content (AvgIpc) is 2.73. The number of hydrogen-bond donors (Lipinski definition) is 1. The van der Waals surface area contributed by atoms with Gasteiger partial charge in [0.2, 0.25) is 0 Å². The minimum absolute atomic E-state index is 0.100. The van der Waals surface area contributed by atoms with Crippen LogP contribution in [0.15, 0.2) is 60.7 Å². The summed E-state index contributed by atoms with van der Waals surface area (Å²) in [5.74, 6) is -0.194. The molecule has 2 amide bonds. The largest absolute Gasteiger partial charge is 0.489 e. The van der Waals surface area contributed by atoms with Crippen LogP contribution in [0.5, 0.6) is 5.75 Å². The highest BCUT2D eigenvalue weighted by Crippen LogP contribution is 2.14. The number of rotatable bonds is 7. The number of halogens is 1. The zero-order chi connectivity index (χ0) is 19.6. The Bertz CT molecular complexity index is 774. The number of carbonyl (C=O) groups excluding carboxylic acids is 1. The van der Waals surface area contributed by atoms with Gasteiger partial charge < -0.3 is 15.0 Å². The molecule has 1 heterocycles. The summed E-state index contributed by atoms with van der Waals surface area (Å²) in [4.78, 5) is 16.4. The van der Waals surface area contributed by atoms with Crippen molar-refractivity contribution in [2.24, 2.45) is 0 Å². The molecule has 3 rings (SSSR count). The standard InChI is InChI=1S/C22H26FN3O2/c23-20-10-4-5-11-21(20)28-18-12-24-22(27)26-16-14-25(15-17-26)13-6-9-19-7-2-1-3-8-19/h1-11H,12-18H2,(H,24,27)/b9-6+. The highest BCUT2D eigenvalue weighted by Gasteiger charge is 2.19. The Morgan fingerprint density at radius 1 is 1.04 bits per heavy atom. The molecule has 0 atom stereocenters. The van der Waals surface area contributed by atoms with Gasteiger partial charge in [0, 0.05) is 32.7 Å². The van der Waals surface area contributed by atoms with Crippen molar-refractivity contribution < 1.29 is 13.9 Å². The van der Waals surface area contributed by atoms with Crippen LogP contribution in [-0.2, 0) is 0 Å². The lowest BCUT2D eigenvalue weighted by atomic mass is 10.2. The zero-order valence-electron chi connectivity index (χ0n) is 15.9. The number of ether oxygens (including phenoxy) is 1. The van der Waals surface area contributed by atoms with Crippen LogP contribution in [0.25, 0.3) is 6.08 Å². The van der Waals surface area contributed by atoms with E-state index >= 15 is 0 Å². The molecule has 148 valence electrons. The maximum atomic E-state index is 13.5. The molecule has 0 radical (unpaired) electrons. The van der Waals surface area contributed by atoms with Crippen LogP contribution in [0.1, 0.15) is 5.56 Å². The van der Waals surface area contributed by atoms with Crippen molar-refractivity contribution in [3.63, 3.8) is 0 Å². The fourth-order valence-corrected chi connectivity index (χ4v) is 3.03. The van der Waals surface area contributed by atoms with Gasteiger partial charge in [-0.15, -0.1) is 0 Å². The average molecular weight is 383 g/mol. The van der Waals surface area contributed by atoms with Gasteiger partial charge in [0.25, 0.3) is 0 Å². The number of nitrogens with zero attached hydrogens (tertiary/aromatic N) is 2. The first kappa shape index (κ1) is 19.9. The zero-order valence-corrected chi connectivity index (χ0v) is 15.9. The van der Waals surface area contributed by atoms with Crippen molar-refractivity contribution in [2.45, 2.75) is 0 Å². The Hall–Kier alpha value is -2.86.